The average Bonchev–Trinajstić information content (AvgIpc) is 3.36. The number of hydrogen-bond acceptors (Lipinski definition) is 7. The SMILES string of the molecule is CC1=C(C2CC(C)CC(C(CNI)ONC3CC(OCCN4CCCC4)CCC3C)C2)C(O)NCC1. The molecule has 1 saturated heterocycles. The van der Waals surface area contributed by atoms with Crippen molar-refractivity contribution in [3.05, 3.63) is 11.1 Å². The number of aliphatic hydroxyl groups is 1. The molecular formula is C28H51IN4O3. The third kappa shape index (κ3) is 8.10. The van der Waals surface area contributed by atoms with E-state index in [1.54, 1.807) is 0 Å². The van der Waals surface area contributed by atoms with Crippen molar-refractivity contribution in [3.63, 3.8) is 0 Å². The Labute approximate surface area is 233 Å². The molecule has 2 heterocycles. The van der Waals surface area contributed by atoms with E-state index in [1.807, 2.05) is 0 Å². The van der Waals surface area contributed by atoms with Crippen LogP contribution in [-0.4, -0.2) is 73.8 Å². The minimum absolute atomic E-state index is 0.116. The van der Waals surface area contributed by atoms with Gasteiger partial charge in [-0.25, -0.2) is 0 Å². The van der Waals surface area contributed by atoms with E-state index in [2.05, 4.69) is 62.9 Å². The number of aliphatic hydroxyl groups excluding tert-OH is 1. The van der Waals surface area contributed by atoms with Gasteiger partial charge in [0.1, 0.15) is 6.23 Å². The summed E-state index contributed by atoms with van der Waals surface area (Å²) in [6.07, 6.45) is 10.5. The second-order valence-corrected chi connectivity index (χ2v) is 12.9. The van der Waals surface area contributed by atoms with Gasteiger partial charge in [-0.3, -0.25) is 13.7 Å². The summed E-state index contributed by atoms with van der Waals surface area (Å²) in [5, 5.41) is 14.0. The molecule has 208 valence electrons. The third-order valence-corrected chi connectivity index (χ3v) is 9.77. The highest BCUT2D eigenvalue weighted by molar-refractivity contribution is 14.1. The van der Waals surface area contributed by atoms with Crippen LogP contribution in [0.2, 0.25) is 0 Å². The van der Waals surface area contributed by atoms with E-state index in [9.17, 15) is 5.11 Å². The highest BCUT2D eigenvalue weighted by atomic mass is 127. The molecule has 0 aromatic rings. The van der Waals surface area contributed by atoms with Gasteiger partial charge >= 0.3 is 0 Å². The first-order chi connectivity index (χ1) is 17.4. The number of likely N-dealkylation sites (tertiary alicyclic amines) is 1. The van der Waals surface area contributed by atoms with Crippen LogP contribution in [0.15, 0.2) is 11.1 Å². The van der Waals surface area contributed by atoms with Crippen molar-refractivity contribution in [2.24, 2.45) is 23.7 Å². The molecule has 4 rings (SSSR count). The fraction of sp³-hybridized carbons (Fsp3) is 0.929. The molecule has 3 fully saturated rings. The number of nitrogens with zero attached hydrogens (tertiary/aromatic N) is 1. The summed E-state index contributed by atoms with van der Waals surface area (Å²) in [5.41, 5.74) is 6.17. The fourth-order valence-corrected chi connectivity index (χ4v) is 7.61. The summed E-state index contributed by atoms with van der Waals surface area (Å²) in [4.78, 5) is 9.06. The third-order valence-electron chi connectivity index (χ3n) is 9.33. The molecule has 2 aliphatic heterocycles. The van der Waals surface area contributed by atoms with Gasteiger partial charge < -0.3 is 14.7 Å². The normalized spacial score (nSPS) is 37.4. The molecule has 0 amide bonds. The molecule has 7 nitrogen and oxygen atoms in total. The smallest absolute Gasteiger partial charge is 0.127 e. The van der Waals surface area contributed by atoms with Crippen molar-refractivity contribution in [1.29, 1.82) is 0 Å². The fourth-order valence-electron chi connectivity index (χ4n) is 7.18. The van der Waals surface area contributed by atoms with Crippen molar-refractivity contribution in [2.45, 2.75) is 103 Å². The van der Waals surface area contributed by atoms with Gasteiger partial charge in [-0.15, -0.1) is 0 Å². The number of ether oxygens (including phenoxy) is 1. The van der Waals surface area contributed by atoms with E-state index in [1.165, 1.54) is 49.9 Å². The molecule has 0 spiro atoms. The Morgan fingerprint density at radius 3 is 2.69 bits per heavy atom. The number of nitrogens with one attached hydrogen (secondary N) is 3. The molecule has 36 heavy (non-hydrogen) atoms. The molecule has 4 aliphatic rings. The second-order valence-electron chi connectivity index (χ2n) is 12.2. The van der Waals surface area contributed by atoms with Gasteiger partial charge in [0, 0.05) is 48.5 Å². The molecule has 2 aliphatic carbocycles. The van der Waals surface area contributed by atoms with Gasteiger partial charge in [-0.2, -0.15) is 5.48 Å². The Morgan fingerprint density at radius 1 is 1.14 bits per heavy atom. The minimum atomic E-state index is -0.486. The van der Waals surface area contributed by atoms with E-state index in [0.717, 1.165) is 58.3 Å². The van der Waals surface area contributed by atoms with Crippen molar-refractivity contribution in [1.82, 2.24) is 19.2 Å². The van der Waals surface area contributed by atoms with Gasteiger partial charge in [0.25, 0.3) is 0 Å². The Balaban J connectivity index is 1.30. The summed E-state index contributed by atoms with van der Waals surface area (Å²) < 4.78 is 9.68. The Kier molecular flexibility index (Phi) is 11.8. The van der Waals surface area contributed by atoms with Gasteiger partial charge in [0.15, 0.2) is 0 Å². The summed E-state index contributed by atoms with van der Waals surface area (Å²) in [7, 11) is 0. The van der Waals surface area contributed by atoms with E-state index in [-0.39, 0.29) is 6.10 Å². The molecule has 8 atom stereocenters. The van der Waals surface area contributed by atoms with Gasteiger partial charge in [0.2, 0.25) is 0 Å². The Bertz CT molecular complexity index is 704. The Morgan fingerprint density at radius 2 is 1.94 bits per heavy atom. The lowest BCUT2D eigenvalue weighted by atomic mass is 9.69. The lowest BCUT2D eigenvalue weighted by Crippen LogP contribution is -2.48. The quantitative estimate of drug-likeness (QED) is 0.120. The lowest BCUT2D eigenvalue weighted by molar-refractivity contribution is -0.104. The van der Waals surface area contributed by atoms with Crippen molar-refractivity contribution in [2.75, 3.05) is 39.3 Å². The predicted octanol–water partition coefficient (Wildman–Crippen LogP) is 4.17. The molecule has 8 unspecified atom stereocenters. The Hall–Kier alpha value is 0.190. The van der Waals surface area contributed by atoms with Gasteiger partial charge in [-0.1, -0.05) is 19.4 Å². The molecule has 0 radical (unpaired) electrons. The van der Waals surface area contributed by atoms with Crippen LogP contribution in [0.3, 0.4) is 0 Å². The zero-order valence-electron chi connectivity index (χ0n) is 22.8. The first-order valence-corrected chi connectivity index (χ1v) is 15.7. The van der Waals surface area contributed by atoms with Crippen LogP contribution in [0.25, 0.3) is 0 Å². The molecule has 0 aromatic heterocycles. The van der Waals surface area contributed by atoms with E-state index in [0.29, 0.717) is 35.8 Å². The maximum Gasteiger partial charge on any atom is 0.127 e. The number of hydrogen-bond donors (Lipinski definition) is 4. The zero-order chi connectivity index (χ0) is 25.5. The first kappa shape index (κ1) is 29.2. The standard InChI is InChI=1S/C28H51IN4O3/c1-19-14-22(16-23(15-19)27-21(3)8-9-30-28(27)34)26(18-31-29)36-32-25-17-24(7-6-20(25)2)35-13-12-33-10-4-5-11-33/h19-20,22-26,28,30-32,34H,4-18H2,1-3H3. The highest BCUT2D eigenvalue weighted by Crippen LogP contribution is 2.42. The van der Waals surface area contributed by atoms with Crippen molar-refractivity contribution >= 4 is 22.9 Å². The molecule has 0 bridgehead atoms. The molecule has 0 aromatic carbocycles. The number of rotatable bonds is 11. The van der Waals surface area contributed by atoms with Crippen LogP contribution in [0.1, 0.15) is 78.6 Å². The topological polar surface area (TPSA) is 78.0 Å². The highest BCUT2D eigenvalue weighted by Gasteiger charge is 2.38. The average molecular weight is 619 g/mol. The molecule has 8 heteroatoms. The maximum absolute atomic E-state index is 10.7. The summed E-state index contributed by atoms with van der Waals surface area (Å²) in [6, 6.07) is 0.332. The van der Waals surface area contributed by atoms with E-state index in [4.69, 9.17) is 9.57 Å². The summed E-state index contributed by atoms with van der Waals surface area (Å²) >= 11 is 2.25. The molecule has 2 saturated carbocycles. The lowest BCUT2D eigenvalue weighted by Gasteiger charge is -2.42. The van der Waals surface area contributed by atoms with Crippen LogP contribution in [0.5, 0.6) is 0 Å². The van der Waals surface area contributed by atoms with Crippen LogP contribution in [-0.2, 0) is 9.57 Å². The van der Waals surface area contributed by atoms with Crippen LogP contribution in [0, 0.1) is 23.7 Å². The summed E-state index contributed by atoms with van der Waals surface area (Å²) in [5.74, 6) is 2.12. The monoisotopic (exact) mass is 618 g/mol. The largest absolute Gasteiger partial charge is 0.377 e. The zero-order valence-corrected chi connectivity index (χ0v) is 25.0. The summed E-state index contributed by atoms with van der Waals surface area (Å²) in [6.45, 7) is 13.0. The van der Waals surface area contributed by atoms with E-state index < -0.39 is 6.23 Å². The maximum atomic E-state index is 10.7. The van der Waals surface area contributed by atoms with Gasteiger partial charge in [-0.05, 0) is 107 Å². The van der Waals surface area contributed by atoms with E-state index >= 15 is 0 Å². The van der Waals surface area contributed by atoms with Crippen LogP contribution < -0.4 is 14.3 Å². The minimum Gasteiger partial charge on any atom is -0.377 e. The molecular weight excluding hydrogens is 567 g/mol. The van der Waals surface area contributed by atoms with Crippen molar-refractivity contribution in [3.8, 4) is 0 Å². The van der Waals surface area contributed by atoms with Gasteiger partial charge in [0.05, 0.1) is 18.8 Å². The van der Waals surface area contributed by atoms with Crippen molar-refractivity contribution < 1.29 is 14.7 Å². The predicted molar refractivity (Wildman–Crippen MR) is 154 cm³/mol. The van der Waals surface area contributed by atoms with Crippen LogP contribution >= 0.6 is 22.9 Å². The first-order valence-electron chi connectivity index (χ1n) is 14.6. The van der Waals surface area contributed by atoms with Crippen LogP contribution in [0.4, 0.5) is 0 Å². The number of hydroxylamine groups is 1. The molecule has 4 N–H and O–H groups in total. The number of halogens is 1. The second kappa shape index (κ2) is 14.5.